The number of carboxylic acid groups (broad SMARTS) is 1. The quantitative estimate of drug-likeness (QED) is 0.552. The molecule has 0 unspecified atom stereocenters. The van der Waals surface area contributed by atoms with Gasteiger partial charge in [-0.2, -0.15) is 0 Å². The summed E-state index contributed by atoms with van der Waals surface area (Å²) in [7, 11) is 0. The number of para-hydroxylation sites is 1. The van der Waals surface area contributed by atoms with Crippen LogP contribution in [0.5, 0.6) is 0 Å². The zero-order chi connectivity index (χ0) is 29.9. The SMILES string of the molecule is O=C(O)CN1CC(=O)N2[C@H](CC34CC5CC(CC(C5)C3)C4)C(=O)N(Cc3ccccc3)c3ccccc3C(=O)C[C@H]2C1=O. The second kappa shape index (κ2) is 10.6. The van der Waals surface area contributed by atoms with Crippen molar-refractivity contribution < 1.29 is 29.1 Å². The molecule has 2 atom stereocenters. The Hall–Kier alpha value is -4.01. The highest BCUT2D eigenvalue weighted by Gasteiger charge is 2.55. The molecule has 1 saturated heterocycles. The largest absolute Gasteiger partial charge is 0.480 e. The minimum absolute atomic E-state index is 0.100. The number of Topliss-reactive ketones (excluding diaryl/α,β-unsaturated/α-hetero) is 1. The summed E-state index contributed by atoms with van der Waals surface area (Å²) >= 11 is 0. The van der Waals surface area contributed by atoms with Crippen molar-refractivity contribution in [1.82, 2.24) is 9.80 Å². The molecular weight excluding hydrogens is 546 g/mol. The van der Waals surface area contributed by atoms with Gasteiger partial charge in [-0.05, 0) is 85.8 Å². The summed E-state index contributed by atoms with van der Waals surface area (Å²) in [5, 5.41) is 9.46. The van der Waals surface area contributed by atoms with Crippen molar-refractivity contribution in [2.45, 2.75) is 70.0 Å². The van der Waals surface area contributed by atoms with Crippen LogP contribution in [0.1, 0.15) is 67.3 Å². The minimum Gasteiger partial charge on any atom is -0.480 e. The van der Waals surface area contributed by atoms with Crippen molar-refractivity contribution in [3.63, 3.8) is 0 Å². The van der Waals surface area contributed by atoms with Crippen molar-refractivity contribution in [3.8, 4) is 0 Å². The topological polar surface area (TPSA) is 115 Å². The molecule has 0 spiro atoms. The second-order valence-corrected chi connectivity index (χ2v) is 13.6. The van der Waals surface area contributed by atoms with E-state index in [2.05, 4.69) is 0 Å². The van der Waals surface area contributed by atoms with Gasteiger partial charge in [-0.15, -0.1) is 0 Å². The molecule has 5 fully saturated rings. The fourth-order valence-corrected chi connectivity index (χ4v) is 9.41. The fourth-order valence-electron chi connectivity index (χ4n) is 9.41. The lowest BCUT2D eigenvalue weighted by Gasteiger charge is -2.58. The average Bonchev–Trinajstić information content (AvgIpc) is 2.99. The van der Waals surface area contributed by atoms with Gasteiger partial charge in [0.25, 0.3) is 0 Å². The zero-order valence-corrected chi connectivity index (χ0v) is 24.2. The molecular formula is C34H37N3O6. The highest BCUT2D eigenvalue weighted by atomic mass is 16.4. The van der Waals surface area contributed by atoms with Gasteiger partial charge in [0.05, 0.1) is 12.2 Å². The lowest BCUT2D eigenvalue weighted by Crippen LogP contribution is -2.66. The first-order valence-corrected chi connectivity index (χ1v) is 15.5. The maximum atomic E-state index is 15.0. The number of aliphatic carboxylic acids is 1. The molecule has 4 bridgehead atoms. The van der Waals surface area contributed by atoms with Crippen LogP contribution in [0, 0.1) is 23.2 Å². The maximum absolute atomic E-state index is 15.0. The molecule has 3 amide bonds. The molecule has 224 valence electrons. The molecule has 6 aliphatic rings. The van der Waals surface area contributed by atoms with Gasteiger partial charge < -0.3 is 19.8 Å². The number of hydrogen-bond acceptors (Lipinski definition) is 5. The summed E-state index contributed by atoms with van der Waals surface area (Å²) in [5.41, 5.74) is 1.57. The fraction of sp³-hybridized carbons (Fsp3) is 0.500. The Morgan fingerprint density at radius 2 is 1.47 bits per heavy atom. The molecule has 9 heteroatoms. The Bertz CT molecular complexity index is 1450. The average molecular weight is 584 g/mol. The first kappa shape index (κ1) is 27.8. The van der Waals surface area contributed by atoms with E-state index in [1.54, 1.807) is 29.2 Å². The van der Waals surface area contributed by atoms with Gasteiger partial charge in [-0.25, -0.2) is 0 Å². The third-order valence-electron chi connectivity index (χ3n) is 10.6. The number of hydrogen-bond donors (Lipinski definition) is 1. The monoisotopic (exact) mass is 583 g/mol. The number of piperazine rings is 1. The number of benzene rings is 2. The van der Waals surface area contributed by atoms with E-state index in [0.717, 1.165) is 29.7 Å². The van der Waals surface area contributed by atoms with Crippen LogP contribution in [0.15, 0.2) is 54.6 Å². The molecule has 2 aliphatic heterocycles. The molecule has 8 rings (SSSR count). The predicted octanol–water partition coefficient (Wildman–Crippen LogP) is 3.91. The van der Waals surface area contributed by atoms with E-state index in [9.17, 15) is 24.3 Å². The lowest BCUT2D eigenvalue weighted by molar-refractivity contribution is -0.165. The predicted molar refractivity (Wildman–Crippen MR) is 157 cm³/mol. The third-order valence-corrected chi connectivity index (χ3v) is 10.6. The van der Waals surface area contributed by atoms with Crippen LogP contribution in [0.3, 0.4) is 0 Å². The summed E-state index contributed by atoms with van der Waals surface area (Å²) in [5.74, 6) is -1.07. The number of nitrogens with zero attached hydrogens (tertiary/aromatic N) is 3. The van der Waals surface area contributed by atoms with Crippen LogP contribution in [0.4, 0.5) is 5.69 Å². The van der Waals surface area contributed by atoms with Crippen molar-refractivity contribution in [3.05, 3.63) is 65.7 Å². The van der Waals surface area contributed by atoms with Gasteiger partial charge in [-0.1, -0.05) is 42.5 Å². The van der Waals surface area contributed by atoms with Crippen molar-refractivity contribution in [1.29, 1.82) is 0 Å². The smallest absolute Gasteiger partial charge is 0.323 e. The first-order valence-electron chi connectivity index (χ1n) is 15.5. The van der Waals surface area contributed by atoms with Crippen LogP contribution in [0.25, 0.3) is 0 Å². The Labute approximate surface area is 250 Å². The number of ketones is 1. The molecule has 43 heavy (non-hydrogen) atoms. The first-order chi connectivity index (χ1) is 20.7. The Morgan fingerprint density at radius 1 is 0.837 bits per heavy atom. The number of amides is 3. The number of carbonyl (C=O) groups is 5. The Balaban J connectivity index is 1.35. The number of anilines is 1. The summed E-state index contributed by atoms with van der Waals surface area (Å²) in [4.78, 5) is 72.4. The van der Waals surface area contributed by atoms with Crippen LogP contribution in [-0.4, -0.2) is 69.6 Å². The summed E-state index contributed by atoms with van der Waals surface area (Å²) in [6, 6.07) is 14.4. The standard InChI is InChI=1S/C34H37N3O6/c38-29-13-27-32(42)35(20-31(40)41)19-30(39)37(27)28(17-34-14-22-10-23(15-34)12-24(11-22)16-34)33(43)36(18-21-6-2-1-3-7-21)26-9-5-4-8-25(26)29/h1-9,22-24,27-28H,10-20H2,(H,40,41)/t22?,23?,24?,27-,28+,34?/m0/s1. The summed E-state index contributed by atoms with van der Waals surface area (Å²) < 4.78 is 0. The van der Waals surface area contributed by atoms with E-state index < -0.39 is 43.0 Å². The van der Waals surface area contributed by atoms with Gasteiger partial charge in [0.15, 0.2) is 5.78 Å². The molecule has 4 aliphatic carbocycles. The number of fused-ring (bicyclic) bond motifs is 2. The third kappa shape index (κ3) is 5.02. The van der Waals surface area contributed by atoms with E-state index in [-0.39, 0.29) is 30.1 Å². The van der Waals surface area contributed by atoms with E-state index >= 15 is 4.79 Å². The molecule has 2 heterocycles. The van der Waals surface area contributed by atoms with E-state index in [4.69, 9.17) is 0 Å². The normalized spacial score (nSPS) is 31.8. The van der Waals surface area contributed by atoms with Gasteiger partial charge in [0.1, 0.15) is 25.2 Å². The number of carboxylic acids is 1. The second-order valence-electron chi connectivity index (χ2n) is 13.6. The highest BCUT2D eigenvalue weighted by Crippen LogP contribution is 2.62. The molecule has 9 nitrogen and oxygen atoms in total. The van der Waals surface area contributed by atoms with Crippen molar-refractivity contribution >= 4 is 35.2 Å². The van der Waals surface area contributed by atoms with Gasteiger partial charge in [0, 0.05) is 12.0 Å². The summed E-state index contributed by atoms with van der Waals surface area (Å²) in [6.07, 6.45) is 6.89. The number of carbonyl (C=O) groups excluding carboxylic acids is 4. The van der Waals surface area contributed by atoms with Crippen LogP contribution >= 0.6 is 0 Å². The van der Waals surface area contributed by atoms with Gasteiger partial charge in [0.2, 0.25) is 17.7 Å². The number of rotatable bonds is 6. The van der Waals surface area contributed by atoms with Crippen molar-refractivity contribution in [2.75, 3.05) is 18.0 Å². The van der Waals surface area contributed by atoms with E-state index in [0.29, 0.717) is 35.4 Å². The van der Waals surface area contributed by atoms with Crippen LogP contribution < -0.4 is 4.90 Å². The van der Waals surface area contributed by atoms with Gasteiger partial charge >= 0.3 is 5.97 Å². The molecule has 0 radical (unpaired) electrons. The summed E-state index contributed by atoms with van der Waals surface area (Å²) in [6.45, 7) is -0.841. The molecule has 0 aromatic heterocycles. The molecule has 2 aromatic rings. The van der Waals surface area contributed by atoms with Crippen molar-refractivity contribution in [2.24, 2.45) is 23.2 Å². The van der Waals surface area contributed by atoms with Crippen LogP contribution in [-0.2, 0) is 25.7 Å². The Morgan fingerprint density at radius 3 is 2.12 bits per heavy atom. The molecule has 4 saturated carbocycles. The van der Waals surface area contributed by atoms with Gasteiger partial charge in [-0.3, -0.25) is 24.0 Å². The van der Waals surface area contributed by atoms with E-state index in [1.807, 2.05) is 30.3 Å². The lowest BCUT2D eigenvalue weighted by atomic mass is 9.48. The Kier molecular flexibility index (Phi) is 6.86. The molecule has 1 N–H and O–H groups in total. The molecule has 2 aromatic carbocycles. The maximum Gasteiger partial charge on any atom is 0.323 e. The van der Waals surface area contributed by atoms with Crippen LogP contribution in [0.2, 0.25) is 0 Å². The zero-order valence-electron chi connectivity index (χ0n) is 24.2. The van der Waals surface area contributed by atoms with E-state index in [1.165, 1.54) is 24.2 Å². The minimum atomic E-state index is -1.24. The highest BCUT2D eigenvalue weighted by molar-refractivity contribution is 6.11.